The van der Waals surface area contributed by atoms with Crippen LogP contribution >= 0.6 is 0 Å². The molecule has 3 aromatic carbocycles. The fourth-order valence-corrected chi connectivity index (χ4v) is 3.07. The van der Waals surface area contributed by atoms with Crippen LogP contribution in [0.2, 0.25) is 0 Å². The van der Waals surface area contributed by atoms with E-state index in [1.165, 1.54) is 21.9 Å². The second kappa shape index (κ2) is 7.09. The summed E-state index contributed by atoms with van der Waals surface area (Å²) in [5.41, 5.74) is 2.84. The maximum Gasteiger partial charge on any atom is -0.0124 e. The number of benzene rings is 3. The molecule has 1 unspecified atom stereocenters. The van der Waals surface area contributed by atoms with Gasteiger partial charge in [0.2, 0.25) is 0 Å². The molecular formula is C22H22. The van der Waals surface area contributed by atoms with Gasteiger partial charge in [-0.3, -0.25) is 0 Å². The van der Waals surface area contributed by atoms with Crippen LogP contribution in [0.4, 0.5) is 0 Å². The summed E-state index contributed by atoms with van der Waals surface area (Å²) < 4.78 is 0. The van der Waals surface area contributed by atoms with Crippen molar-refractivity contribution in [2.45, 2.75) is 25.2 Å². The van der Waals surface area contributed by atoms with Crippen LogP contribution in [0.1, 0.15) is 29.9 Å². The zero-order chi connectivity index (χ0) is 15.2. The normalized spacial score (nSPS) is 12.2. The number of hydrogen-bond acceptors (Lipinski definition) is 0. The van der Waals surface area contributed by atoms with Gasteiger partial charge in [0, 0.05) is 0 Å². The third-order valence-electron chi connectivity index (χ3n) is 4.32. The van der Waals surface area contributed by atoms with Crippen molar-refractivity contribution < 1.29 is 0 Å². The van der Waals surface area contributed by atoms with E-state index in [0.29, 0.717) is 5.92 Å². The predicted molar refractivity (Wildman–Crippen MR) is 96.3 cm³/mol. The molecule has 0 aliphatic heterocycles. The van der Waals surface area contributed by atoms with Crippen molar-refractivity contribution in [2.75, 3.05) is 0 Å². The Labute approximate surface area is 133 Å². The lowest BCUT2D eigenvalue weighted by molar-refractivity contribution is 0.633. The summed E-state index contributed by atoms with van der Waals surface area (Å²) in [4.78, 5) is 0. The van der Waals surface area contributed by atoms with Gasteiger partial charge in [0.25, 0.3) is 0 Å². The standard InChI is InChI=1S/C22H22/c1-2-8-19(14-13-18-9-4-3-5-10-18)22-16-15-20-11-6-7-12-21(20)17-22/h2-7,9-12,15-17,19H,1,8,13-14H2. The summed E-state index contributed by atoms with van der Waals surface area (Å²) >= 11 is 0. The van der Waals surface area contributed by atoms with Crippen LogP contribution < -0.4 is 0 Å². The van der Waals surface area contributed by atoms with Gasteiger partial charge >= 0.3 is 0 Å². The van der Waals surface area contributed by atoms with Gasteiger partial charge in [0.05, 0.1) is 0 Å². The maximum absolute atomic E-state index is 3.94. The highest BCUT2D eigenvalue weighted by Crippen LogP contribution is 2.28. The fourth-order valence-electron chi connectivity index (χ4n) is 3.07. The van der Waals surface area contributed by atoms with E-state index in [0.717, 1.165) is 19.3 Å². The summed E-state index contributed by atoms with van der Waals surface area (Å²) in [5.74, 6) is 0.544. The molecule has 0 spiro atoms. The summed E-state index contributed by atoms with van der Waals surface area (Å²) in [6.45, 7) is 3.94. The first kappa shape index (κ1) is 14.6. The van der Waals surface area contributed by atoms with Crippen LogP contribution in [0.5, 0.6) is 0 Å². The van der Waals surface area contributed by atoms with Gasteiger partial charge in [-0.1, -0.05) is 78.9 Å². The Hall–Kier alpha value is -2.34. The Balaban J connectivity index is 1.80. The van der Waals surface area contributed by atoms with E-state index in [9.17, 15) is 0 Å². The third kappa shape index (κ3) is 3.46. The molecule has 0 aliphatic rings. The smallest absolute Gasteiger partial charge is 0.0124 e. The van der Waals surface area contributed by atoms with E-state index in [1.54, 1.807) is 0 Å². The summed E-state index contributed by atoms with van der Waals surface area (Å²) in [7, 11) is 0. The molecule has 0 amide bonds. The second-order valence-electron chi connectivity index (χ2n) is 5.85. The van der Waals surface area contributed by atoms with Crippen molar-refractivity contribution in [3.05, 3.63) is 96.6 Å². The summed E-state index contributed by atoms with van der Waals surface area (Å²) in [6, 6.07) is 26.2. The maximum atomic E-state index is 3.94. The van der Waals surface area contributed by atoms with E-state index < -0.39 is 0 Å². The molecule has 3 aromatic rings. The Bertz CT molecular complexity index is 740. The first-order valence-corrected chi connectivity index (χ1v) is 8.00. The average molecular weight is 286 g/mol. The van der Waals surface area contributed by atoms with Gasteiger partial charge in [-0.25, -0.2) is 0 Å². The number of allylic oxidation sites excluding steroid dienone is 1. The lowest BCUT2D eigenvalue weighted by atomic mass is 9.88. The highest BCUT2D eigenvalue weighted by atomic mass is 14.2. The summed E-state index contributed by atoms with van der Waals surface area (Å²) in [5, 5.41) is 2.64. The Kier molecular flexibility index (Phi) is 4.70. The van der Waals surface area contributed by atoms with Gasteiger partial charge in [-0.2, -0.15) is 0 Å². The molecule has 0 heterocycles. The summed E-state index contributed by atoms with van der Waals surface area (Å²) in [6.07, 6.45) is 5.36. The van der Waals surface area contributed by atoms with Crippen LogP contribution in [0, 0.1) is 0 Å². The Morgan fingerprint density at radius 1 is 0.818 bits per heavy atom. The van der Waals surface area contributed by atoms with Crippen LogP contribution in [0.25, 0.3) is 10.8 Å². The van der Waals surface area contributed by atoms with Crippen molar-refractivity contribution in [1.29, 1.82) is 0 Å². The highest BCUT2D eigenvalue weighted by Gasteiger charge is 2.11. The van der Waals surface area contributed by atoms with Crippen molar-refractivity contribution in [2.24, 2.45) is 0 Å². The van der Waals surface area contributed by atoms with E-state index in [1.807, 2.05) is 6.08 Å². The zero-order valence-electron chi connectivity index (χ0n) is 12.9. The minimum atomic E-state index is 0.544. The van der Waals surface area contributed by atoms with Crippen molar-refractivity contribution in [1.82, 2.24) is 0 Å². The quantitative estimate of drug-likeness (QED) is 0.478. The highest BCUT2D eigenvalue weighted by molar-refractivity contribution is 5.83. The number of aryl methyl sites for hydroxylation is 1. The average Bonchev–Trinajstić information content (AvgIpc) is 2.59. The molecule has 22 heavy (non-hydrogen) atoms. The second-order valence-corrected chi connectivity index (χ2v) is 5.85. The molecule has 0 N–H and O–H groups in total. The van der Waals surface area contributed by atoms with E-state index in [2.05, 4.69) is 79.4 Å². The molecule has 0 radical (unpaired) electrons. The topological polar surface area (TPSA) is 0 Å². The number of hydrogen-bond donors (Lipinski definition) is 0. The molecule has 0 bridgehead atoms. The van der Waals surface area contributed by atoms with Crippen LogP contribution in [-0.2, 0) is 6.42 Å². The molecule has 0 saturated heterocycles. The first-order chi connectivity index (χ1) is 10.9. The van der Waals surface area contributed by atoms with E-state index in [4.69, 9.17) is 0 Å². The van der Waals surface area contributed by atoms with Gasteiger partial charge in [0.1, 0.15) is 0 Å². The lowest BCUT2D eigenvalue weighted by Crippen LogP contribution is -2.00. The molecule has 3 rings (SSSR count). The Morgan fingerprint density at radius 2 is 1.55 bits per heavy atom. The van der Waals surface area contributed by atoms with Gasteiger partial charge < -0.3 is 0 Å². The predicted octanol–water partition coefficient (Wildman–Crippen LogP) is 6.13. The molecular weight excluding hydrogens is 264 g/mol. The van der Waals surface area contributed by atoms with Crippen LogP contribution in [0.15, 0.2) is 85.5 Å². The van der Waals surface area contributed by atoms with Crippen LogP contribution in [-0.4, -0.2) is 0 Å². The molecule has 0 saturated carbocycles. The minimum Gasteiger partial charge on any atom is -0.103 e. The zero-order valence-corrected chi connectivity index (χ0v) is 12.9. The molecule has 110 valence electrons. The molecule has 0 heteroatoms. The SMILES string of the molecule is C=CCC(CCc1ccccc1)c1ccc2ccccc2c1. The largest absolute Gasteiger partial charge is 0.103 e. The molecule has 0 nitrogen and oxygen atoms in total. The van der Waals surface area contributed by atoms with Gasteiger partial charge in [0.15, 0.2) is 0 Å². The van der Waals surface area contributed by atoms with Gasteiger partial charge in [-0.15, -0.1) is 6.58 Å². The molecule has 0 aromatic heterocycles. The monoisotopic (exact) mass is 286 g/mol. The van der Waals surface area contributed by atoms with Crippen molar-refractivity contribution in [3.8, 4) is 0 Å². The third-order valence-corrected chi connectivity index (χ3v) is 4.32. The molecule has 0 aliphatic carbocycles. The first-order valence-electron chi connectivity index (χ1n) is 8.00. The van der Waals surface area contributed by atoms with E-state index >= 15 is 0 Å². The number of fused-ring (bicyclic) bond motifs is 1. The van der Waals surface area contributed by atoms with Crippen molar-refractivity contribution >= 4 is 10.8 Å². The van der Waals surface area contributed by atoms with Crippen molar-refractivity contribution in [3.63, 3.8) is 0 Å². The van der Waals surface area contributed by atoms with E-state index in [-0.39, 0.29) is 0 Å². The fraction of sp³-hybridized carbons (Fsp3) is 0.182. The molecule has 1 atom stereocenters. The minimum absolute atomic E-state index is 0.544. The lowest BCUT2D eigenvalue weighted by Gasteiger charge is -2.16. The Morgan fingerprint density at radius 3 is 2.32 bits per heavy atom. The van der Waals surface area contributed by atoms with Gasteiger partial charge in [-0.05, 0) is 47.1 Å². The molecule has 0 fully saturated rings. The van der Waals surface area contributed by atoms with Crippen LogP contribution in [0.3, 0.4) is 0 Å². The number of rotatable bonds is 6.